The Hall–Kier alpha value is -1.64. The van der Waals surface area contributed by atoms with Crippen molar-refractivity contribution in [3.8, 4) is 0 Å². The lowest BCUT2D eigenvalue weighted by Gasteiger charge is -2.51. The van der Waals surface area contributed by atoms with E-state index in [0.29, 0.717) is 18.6 Å². The van der Waals surface area contributed by atoms with Gasteiger partial charge in [-0.15, -0.1) is 0 Å². The van der Waals surface area contributed by atoms with Crippen LogP contribution in [0.15, 0.2) is 30.3 Å². The molecular weight excluding hydrogens is 262 g/mol. The van der Waals surface area contributed by atoms with E-state index in [9.17, 15) is 9.59 Å². The lowest BCUT2D eigenvalue weighted by molar-refractivity contribution is -0.151. The van der Waals surface area contributed by atoms with Crippen LogP contribution in [-0.4, -0.2) is 29.7 Å². The van der Waals surface area contributed by atoms with Gasteiger partial charge in [-0.1, -0.05) is 37.3 Å². The summed E-state index contributed by atoms with van der Waals surface area (Å²) < 4.78 is 0. The van der Waals surface area contributed by atoms with Gasteiger partial charge in [0.15, 0.2) is 0 Å². The summed E-state index contributed by atoms with van der Waals surface area (Å²) in [6.45, 7) is 5.59. The zero-order valence-corrected chi connectivity index (χ0v) is 12.8. The van der Waals surface area contributed by atoms with Crippen LogP contribution in [-0.2, 0) is 15.0 Å². The van der Waals surface area contributed by atoms with Crippen LogP contribution in [0.1, 0.15) is 38.7 Å². The third kappa shape index (κ3) is 2.02. The largest absolute Gasteiger partial charge is 0.342 e. The van der Waals surface area contributed by atoms with E-state index in [1.54, 1.807) is 0 Å². The zero-order valence-electron chi connectivity index (χ0n) is 12.8. The van der Waals surface area contributed by atoms with Gasteiger partial charge in [-0.3, -0.25) is 9.59 Å². The number of likely N-dealkylation sites (tertiary alicyclic amines) is 1. The van der Waals surface area contributed by atoms with Crippen molar-refractivity contribution >= 4 is 11.7 Å². The maximum absolute atomic E-state index is 13.2. The lowest BCUT2D eigenvalue weighted by Crippen LogP contribution is -2.60. The number of nitrogens with zero attached hydrogens (tertiary/aromatic N) is 1. The highest BCUT2D eigenvalue weighted by molar-refractivity contribution is 5.94. The normalized spacial score (nSPS) is 33.0. The van der Waals surface area contributed by atoms with Gasteiger partial charge in [0.25, 0.3) is 0 Å². The molecule has 0 N–H and O–H groups in total. The van der Waals surface area contributed by atoms with Crippen LogP contribution in [0.3, 0.4) is 0 Å². The van der Waals surface area contributed by atoms with Crippen LogP contribution < -0.4 is 0 Å². The SMILES string of the molecule is CCN1CC[C@H]2[C@H](C)C(=O)CC[C@]2(c2ccccc2)C1=O. The van der Waals surface area contributed by atoms with Gasteiger partial charge in [0.1, 0.15) is 5.78 Å². The summed E-state index contributed by atoms with van der Waals surface area (Å²) in [6.07, 6.45) is 2.12. The second-order valence-electron chi connectivity index (χ2n) is 6.37. The molecule has 1 aliphatic carbocycles. The van der Waals surface area contributed by atoms with Crippen molar-refractivity contribution in [2.24, 2.45) is 11.8 Å². The van der Waals surface area contributed by atoms with E-state index in [0.717, 1.165) is 25.1 Å². The second kappa shape index (κ2) is 5.28. The molecule has 2 fully saturated rings. The molecule has 3 rings (SSSR count). The number of likely N-dealkylation sites (N-methyl/N-ethyl adjacent to an activating group) is 1. The highest BCUT2D eigenvalue weighted by Crippen LogP contribution is 2.50. The van der Waals surface area contributed by atoms with Gasteiger partial charge >= 0.3 is 0 Å². The molecule has 0 radical (unpaired) electrons. The Bertz CT molecular complexity index is 554. The van der Waals surface area contributed by atoms with Crippen molar-refractivity contribution in [1.29, 1.82) is 0 Å². The Kier molecular flexibility index (Phi) is 3.60. The first kappa shape index (κ1) is 14.3. The van der Waals surface area contributed by atoms with Crippen LogP contribution in [0.25, 0.3) is 0 Å². The van der Waals surface area contributed by atoms with E-state index in [1.807, 2.05) is 36.9 Å². The predicted molar refractivity (Wildman–Crippen MR) is 81.9 cm³/mol. The molecule has 112 valence electrons. The van der Waals surface area contributed by atoms with Crippen LogP contribution in [0, 0.1) is 11.8 Å². The molecule has 1 aromatic carbocycles. The number of ketones is 1. The number of Topliss-reactive ketones (excluding diaryl/α,β-unsaturated/α-hetero) is 1. The maximum Gasteiger partial charge on any atom is 0.233 e. The Morgan fingerprint density at radius 2 is 1.95 bits per heavy atom. The molecule has 1 saturated carbocycles. The number of amides is 1. The molecule has 2 aliphatic rings. The number of fused-ring (bicyclic) bond motifs is 1. The van der Waals surface area contributed by atoms with Crippen molar-refractivity contribution in [1.82, 2.24) is 4.90 Å². The summed E-state index contributed by atoms with van der Waals surface area (Å²) in [5, 5.41) is 0. The number of rotatable bonds is 2. The molecule has 3 nitrogen and oxygen atoms in total. The quantitative estimate of drug-likeness (QED) is 0.838. The number of piperidine rings is 1. The average molecular weight is 285 g/mol. The van der Waals surface area contributed by atoms with Gasteiger partial charge in [-0.05, 0) is 31.2 Å². The van der Waals surface area contributed by atoms with Gasteiger partial charge in [-0.2, -0.15) is 0 Å². The van der Waals surface area contributed by atoms with Crippen molar-refractivity contribution in [3.05, 3.63) is 35.9 Å². The monoisotopic (exact) mass is 285 g/mol. The van der Waals surface area contributed by atoms with Crippen molar-refractivity contribution in [2.45, 2.75) is 38.5 Å². The number of hydrogen-bond acceptors (Lipinski definition) is 2. The number of hydrogen-bond donors (Lipinski definition) is 0. The van der Waals surface area contributed by atoms with Gasteiger partial charge < -0.3 is 4.90 Å². The van der Waals surface area contributed by atoms with Crippen molar-refractivity contribution in [3.63, 3.8) is 0 Å². The fourth-order valence-electron chi connectivity index (χ4n) is 4.34. The minimum Gasteiger partial charge on any atom is -0.342 e. The van der Waals surface area contributed by atoms with Crippen LogP contribution in [0.5, 0.6) is 0 Å². The minimum atomic E-state index is -0.483. The molecule has 0 bridgehead atoms. The van der Waals surface area contributed by atoms with E-state index < -0.39 is 5.41 Å². The minimum absolute atomic E-state index is 0.0121. The third-order valence-electron chi connectivity index (χ3n) is 5.56. The third-order valence-corrected chi connectivity index (χ3v) is 5.56. The fraction of sp³-hybridized carbons (Fsp3) is 0.556. The molecule has 1 amide bonds. The highest BCUT2D eigenvalue weighted by Gasteiger charge is 2.56. The summed E-state index contributed by atoms with van der Waals surface area (Å²) in [6, 6.07) is 10.1. The van der Waals surface area contributed by atoms with Crippen LogP contribution in [0.2, 0.25) is 0 Å². The molecule has 1 saturated heterocycles. The van der Waals surface area contributed by atoms with Gasteiger partial charge in [0, 0.05) is 25.4 Å². The van der Waals surface area contributed by atoms with E-state index in [2.05, 4.69) is 12.1 Å². The Morgan fingerprint density at radius 1 is 1.24 bits per heavy atom. The fourth-order valence-corrected chi connectivity index (χ4v) is 4.34. The number of benzene rings is 1. The molecule has 0 spiro atoms. The van der Waals surface area contributed by atoms with Crippen LogP contribution in [0.4, 0.5) is 0 Å². The van der Waals surface area contributed by atoms with Crippen LogP contribution >= 0.6 is 0 Å². The van der Waals surface area contributed by atoms with Crippen molar-refractivity contribution < 1.29 is 9.59 Å². The average Bonchev–Trinajstić information content (AvgIpc) is 2.52. The van der Waals surface area contributed by atoms with Gasteiger partial charge in [-0.25, -0.2) is 0 Å². The Balaban J connectivity index is 2.12. The Morgan fingerprint density at radius 3 is 2.62 bits per heavy atom. The molecular formula is C18H23NO2. The Labute approximate surface area is 126 Å². The molecule has 1 aromatic rings. The van der Waals surface area contributed by atoms with E-state index in [1.165, 1.54) is 0 Å². The molecule has 0 aromatic heterocycles. The zero-order chi connectivity index (χ0) is 15.0. The summed E-state index contributed by atoms with van der Waals surface area (Å²) in [5.41, 5.74) is 0.612. The standard InChI is InChI=1S/C18H23NO2/c1-3-19-12-10-15-13(2)16(20)9-11-18(15,17(19)21)14-7-5-4-6-8-14/h4-8,13,15H,3,9-12H2,1-2H3/t13-,15-,18+/m0/s1. The van der Waals surface area contributed by atoms with E-state index in [-0.39, 0.29) is 17.7 Å². The lowest BCUT2D eigenvalue weighted by atomic mass is 9.55. The van der Waals surface area contributed by atoms with Gasteiger partial charge in [0.2, 0.25) is 5.91 Å². The number of carbonyl (C=O) groups is 2. The molecule has 21 heavy (non-hydrogen) atoms. The van der Waals surface area contributed by atoms with E-state index in [4.69, 9.17) is 0 Å². The van der Waals surface area contributed by atoms with Crippen molar-refractivity contribution in [2.75, 3.05) is 13.1 Å². The first-order valence-electron chi connectivity index (χ1n) is 7.99. The summed E-state index contributed by atoms with van der Waals surface area (Å²) in [4.78, 5) is 27.3. The topological polar surface area (TPSA) is 37.4 Å². The smallest absolute Gasteiger partial charge is 0.233 e. The first-order valence-corrected chi connectivity index (χ1v) is 7.99. The second-order valence-corrected chi connectivity index (χ2v) is 6.37. The van der Waals surface area contributed by atoms with Gasteiger partial charge in [0.05, 0.1) is 5.41 Å². The first-order chi connectivity index (χ1) is 10.1. The molecule has 1 aliphatic heterocycles. The summed E-state index contributed by atoms with van der Waals surface area (Å²) in [5.74, 6) is 0.689. The summed E-state index contributed by atoms with van der Waals surface area (Å²) in [7, 11) is 0. The van der Waals surface area contributed by atoms with E-state index >= 15 is 0 Å². The number of carbonyl (C=O) groups excluding carboxylic acids is 2. The molecule has 0 unspecified atom stereocenters. The highest BCUT2D eigenvalue weighted by atomic mass is 16.2. The predicted octanol–water partition coefficient (Wildman–Crippen LogP) is 2.79. The molecule has 3 heteroatoms. The molecule has 3 atom stereocenters. The maximum atomic E-state index is 13.2. The molecule has 1 heterocycles. The summed E-state index contributed by atoms with van der Waals surface area (Å²) >= 11 is 0.